The standard InChI is InChI=1S/C3H7BN2O2/c5-1-3(2-6)4(7)8/h1-3,5-8H. The molecular formula is C3H7BN2O2. The van der Waals surface area contributed by atoms with Crippen LogP contribution in [0.4, 0.5) is 0 Å². The summed E-state index contributed by atoms with van der Waals surface area (Å²) in [4.78, 5) is 0. The Morgan fingerprint density at radius 2 is 1.62 bits per heavy atom. The SMILES string of the molecule is N=CC(C=N)B(O)O. The molecule has 0 aromatic carbocycles. The Morgan fingerprint density at radius 1 is 1.25 bits per heavy atom. The first kappa shape index (κ1) is 7.32. The van der Waals surface area contributed by atoms with E-state index in [9.17, 15) is 0 Å². The van der Waals surface area contributed by atoms with Crippen LogP contribution < -0.4 is 0 Å². The molecule has 0 heterocycles. The predicted molar refractivity (Wildman–Crippen MR) is 31.5 cm³/mol. The lowest BCUT2D eigenvalue weighted by Crippen LogP contribution is -2.21. The van der Waals surface area contributed by atoms with Crippen LogP contribution in [0, 0.1) is 10.8 Å². The third-order valence-corrected chi connectivity index (χ3v) is 0.729. The van der Waals surface area contributed by atoms with Crippen LogP contribution in [0.1, 0.15) is 0 Å². The second-order valence-electron chi connectivity index (χ2n) is 1.32. The van der Waals surface area contributed by atoms with Crippen LogP contribution in [-0.2, 0) is 0 Å². The highest BCUT2D eigenvalue weighted by Crippen LogP contribution is 1.94. The summed E-state index contributed by atoms with van der Waals surface area (Å²) >= 11 is 0. The van der Waals surface area contributed by atoms with Crippen molar-refractivity contribution in [1.29, 1.82) is 10.8 Å². The van der Waals surface area contributed by atoms with Crippen LogP contribution >= 0.6 is 0 Å². The maximum Gasteiger partial charge on any atom is 0.466 e. The van der Waals surface area contributed by atoms with Gasteiger partial charge in [-0.15, -0.1) is 0 Å². The third kappa shape index (κ3) is 1.86. The van der Waals surface area contributed by atoms with Crippen molar-refractivity contribution >= 4 is 19.5 Å². The van der Waals surface area contributed by atoms with Crippen LogP contribution in [0.25, 0.3) is 0 Å². The van der Waals surface area contributed by atoms with Crippen LogP contribution in [0.2, 0.25) is 5.82 Å². The van der Waals surface area contributed by atoms with Crippen LogP contribution in [0.15, 0.2) is 0 Å². The van der Waals surface area contributed by atoms with Crippen LogP contribution in [0.3, 0.4) is 0 Å². The van der Waals surface area contributed by atoms with Gasteiger partial charge in [0.2, 0.25) is 0 Å². The Balaban J connectivity index is 3.68. The number of nitrogens with one attached hydrogen (secondary N) is 2. The summed E-state index contributed by atoms with van der Waals surface area (Å²) in [5, 5.41) is 29.5. The van der Waals surface area contributed by atoms with E-state index in [1.54, 1.807) is 0 Å². The van der Waals surface area contributed by atoms with Crippen molar-refractivity contribution in [3.05, 3.63) is 0 Å². The highest BCUT2D eigenvalue weighted by atomic mass is 16.4. The third-order valence-electron chi connectivity index (χ3n) is 0.729. The van der Waals surface area contributed by atoms with Crippen molar-refractivity contribution in [2.24, 2.45) is 0 Å². The first-order valence-corrected chi connectivity index (χ1v) is 2.09. The molecule has 0 aromatic rings. The number of rotatable bonds is 3. The van der Waals surface area contributed by atoms with E-state index in [1.807, 2.05) is 0 Å². The van der Waals surface area contributed by atoms with Gasteiger partial charge in [-0.05, 0) is 0 Å². The highest BCUT2D eigenvalue weighted by molar-refractivity contribution is 6.52. The molecule has 0 bridgehead atoms. The van der Waals surface area contributed by atoms with E-state index in [1.165, 1.54) is 0 Å². The Hall–Kier alpha value is -0.675. The van der Waals surface area contributed by atoms with Gasteiger partial charge in [-0.3, -0.25) is 0 Å². The fourth-order valence-electron chi connectivity index (χ4n) is 0.220. The van der Waals surface area contributed by atoms with E-state index in [2.05, 4.69) is 0 Å². The molecule has 4 N–H and O–H groups in total. The number of hydrogen-bond donors (Lipinski definition) is 4. The molecule has 0 aliphatic carbocycles. The Morgan fingerprint density at radius 3 is 1.62 bits per heavy atom. The first-order chi connectivity index (χ1) is 3.72. The molecule has 44 valence electrons. The summed E-state index contributed by atoms with van der Waals surface area (Å²) in [6.07, 6.45) is 1.61. The van der Waals surface area contributed by atoms with Crippen molar-refractivity contribution < 1.29 is 10.0 Å². The zero-order valence-electron chi connectivity index (χ0n) is 4.20. The second kappa shape index (κ2) is 3.34. The van der Waals surface area contributed by atoms with Crippen molar-refractivity contribution in [2.45, 2.75) is 5.82 Å². The van der Waals surface area contributed by atoms with Crippen molar-refractivity contribution in [3.8, 4) is 0 Å². The molecule has 0 radical (unpaired) electrons. The van der Waals surface area contributed by atoms with E-state index in [-0.39, 0.29) is 0 Å². The molecule has 4 nitrogen and oxygen atoms in total. The normalized spacial score (nSPS) is 12.2. The molecule has 0 aromatic heterocycles. The molecule has 0 saturated carbocycles. The smallest absolute Gasteiger partial charge is 0.426 e. The minimum atomic E-state index is -1.61. The lowest BCUT2D eigenvalue weighted by molar-refractivity contribution is 0.408. The zero-order chi connectivity index (χ0) is 6.57. The molecule has 5 heteroatoms. The number of hydrogen-bond acceptors (Lipinski definition) is 4. The molecule has 0 unspecified atom stereocenters. The topological polar surface area (TPSA) is 88.2 Å². The minimum absolute atomic E-state index is 0.803. The summed E-state index contributed by atoms with van der Waals surface area (Å²) in [7, 11) is -1.61. The maximum atomic E-state index is 8.27. The van der Waals surface area contributed by atoms with Gasteiger partial charge in [0.15, 0.2) is 0 Å². The minimum Gasteiger partial charge on any atom is -0.426 e. The average Bonchev–Trinajstić information content (AvgIpc) is 1.69. The summed E-state index contributed by atoms with van der Waals surface area (Å²) in [5.41, 5.74) is 0. The zero-order valence-corrected chi connectivity index (χ0v) is 4.20. The maximum absolute atomic E-state index is 8.27. The van der Waals surface area contributed by atoms with E-state index in [0.29, 0.717) is 0 Å². The molecule has 0 spiro atoms. The van der Waals surface area contributed by atoms with Gasteiger partial charge in [0.1, 0.15) is 0 Å². The van der Waals surface area contributed by atoms with E-state index < -0.39 is 12.9 Å². The van der Waals surface area contributed by atoms with Crippen molar-refractivity contribution in [2.75, 3.05) is 0 Å². The predicted octanol–water partition coefficient (Wildman–Crippen LogP) is -0.871. The quantitative estimate of drug-likeness (QED) is 0.283. The van der Waals surface area contributed by atoms with E-state index in [0.717, 1.165) is 12.4 Å². The summed E-state index contributed by atoms with van der Waals surface area (Å²) in [6, 6.07) is 0. The molecule has 0 rings (SSSR count). The van der Waals surface area contributed by atoms with Crippen molar-refractivity contribution in [1.82, 2.24) is 0 Å². The van der Waals surface area contributed by atoms with Crippen LogP contribution in [0.5, 0.6) is 0 Å². The van der Waals surface area contributed by atoms with Gasteiger partial charge in [-0.1, -0.05) is 0 Å². The van der Waals surface area contributed by atoms with E-state index >= 15 is 0 Å². The Bertz CT molecular complexity index is 87.3. The average molecular weight is 114 g/mol. The van der Waals surface area contributed by atoms with Crippen LogP contribution in [-0.4, -0.2) is 29.6 Å². The fourth-order valence-corrected chi connectivity index (χ4v) is 0.220. The molecule has 0 aliphatic rings. The first-order valence-electron chi connectivity index (χ1n) is 2.09. The molecule has 0 fully saturated rings. The molecule has 0 saturated heterocycles. The molecule has 0 amide bonds. The Kier molecular flexibility index (Phi) is 3.06. The molecule has 8 heavy (non-hydrogen) atoms. The van der Waals surface area contributed by atoms with Gasteiger partial charge < -0.3 is 20.9 Å². The Labute approximate surface area is 47.3 Å². The van der Waals surface area contributed by atoms with Gasteiger partial charge in [0, 0.05) is 12.4 Å². The summed E-state index contributed by atoms with van der Waals surface area (Å²) in [6.45, 7) is 0. The largest absolute Gasteiger partial charge is 0.466 e. The van der Waals surface area contributed by atoms with Gasteiger partial charge in [0.25, 0.3) is 0 Å². The lowest BCUT2D eigenvalue weighted by atomic mass is 9.74. The van der Waals surface area contributed by atoms with Crippen molar-refractivity contribution in [3.63, 3.8) is 0 Å². The second-order valence-corrected chi connectivity index (χ2v) is 1.32. The highest BCUT2D eigenvalue weighted by Gasteiger charge is 2.17. The van der Waals surface area contributed by atoms with Gasteiger partial charge in [-0.2, -0.15) is 0 Å². The lowest BCUT2D eigenvalue weighted by Gasteiger charge is -1.98. The summed E-state index contributed by atoms with van der Waals surface area (Å²) < 4.78 is 0. The van der Waals surface area contributed by atoms with Gasteiger partial charge >= 0.3 is 7.12 Å². The van der Waals surface area contributed by atoms with Gasteiger partial charge in [0.05, 0.1) is 5.82 Å². The monoisotopic (exact) mass is 114 g/mol. The molecular weight excluding hydrogens is 107 g/mol. The fraction of sp³-hybridized carbons (Fsp3) is 0.333. The molecule has 0 atom stereocenters. The molecule has 0 aliphatic heterocycles. The summed E-state index contributed by atoms with van der Waals surface area (Å²) in [5.74, 6) is -0.852. The van der Waals surface area contributed by atoms with E-state index in [4.69, 9.17) is 20.9 Å². The van der Waals surface area contributed by atoms with Gasteiger partial charge in [-0.25, -0.2) is 0 Å².